The third-order valence-electron chi connectivity index (χ3n) is 4.62. The summed E-state index contributed by atoms with van der Waals surface area (Å²) in [4.78, 5) is 4.68. The number of benzene rings is 2. The van der Waals surface area contributed by atoms with Crippen LogP contribution in [0.2, 0.25) is 0 Å². The van der Waals surface area contributed by atoms with Gasteiger partial charge in [-0.05, 0) is 51.5 Å². The smallest absolute Gasteiger partial charge is 0.244 e. The number of thiazole rings is 1. The molecule has 0 bridgehead atoms. The first-order valence-corrected chi connectivity index (χ1v) is 9.10. The number of fused-ring (bicyclic) bond motifs is 2. The highest BCUT2D eigenvalue weighted by molar-refractivity contribution is 7.16. The summed E-state index contributed by atoms with van der Waals surface area (Å²) in [6, 6.07) is 13.0. The molecule has 0 aliphatic rings. The molecule has 0 saturated heterocycles. The number of aromatic nitrogens is 3. The van der Waals surface area contributed by atoms with Crippen LogP contribution in [0.25, 0.3) is 32.6 Å². The number of hydrogen-bond donors (Lipinski definition) is 0. The normalized spacial score (nSPS) is 12.4. The SMILES string of the molecule is Cc1ccc2scnc2c1-c1n(C(C)(C)C)c2ccccc2[n+]1C. The molecule has 0 fully saturated rings. The lowest BCUT2D eigenvalue weighted by molar-refractivity contribution is -0.634. The molecule has 0 spiro atoms. The maximum absolute atomic E-state index is 4.68. The fourth-order valence-electron chi connectivity index (χ4n) is 3.59. The topological polar surface area (TPSA) is 21.7 Å². The first-order chi connectivity index (χ1) is 11.4. The van der Waals surface area contributed by atoms with Crippen molar-refractivity contribution < 1.29 is 4.57 Å². The van der Waals surface area contributed by atoms with E-state index in [1.807, 2.05) is 5.51 Å². The Labute approximate surface area is 146 Å². The van der Waals surface area contributed by atoms with Crippen molar-refractivity contribution >= 4 is 32.6 Å². The Hall–Kier alpha value is -2.20. The summed E-state index contributed by atoms with van der Waals surface area (Å²) in [5.41, 5.74) is 8.02. The number of aryl methyl sites for hydroxylation is 2. The van der Waals surface area contributed by atoms with Crippen LogP contribution in [-0.4, -0.2) is 9.55 Å². The molecule has 3 nitrogen and oxygen atoms in total. The molecule has 24 heavy (non-hydrogen) atoms. The predicted octanol–water partition coefficient (Wildman–Crippen LogP) is 4.81. The van der Waals surface area contributed by atoms with Crippen molar-refractivity contribution in [3.8, 4) is 11.4 Å². The van der Waals surface area contributed by atoms with Gasteiger partial charge in [-0.2, -0.15) is 0 Å². The summed E-state index contributed by atoms with van der Waals surface area (Å²) in [6.45, 7) is 8.97. The van der Waals surface area contributed by atoms with Gasteiger partial charge < -0.3 is 0 Å². The van der Waals surface area contributed by atoms with E-state index in [0.29, 0.717) is 0 Å². The number of hydrogen-bond acceptors (Lipinski definition) is 2. The molecule has 0 aliphatic carbocycles. The lowest BCUT2D eigenvalue weighted by atomic mass is 10.0. The van der Waals surface area contributed by atoms with Crippen LogP contribution in [0.5, 0.6) is 0 Å². The van der Waals surface area contributed by atoms with Crippen LogP contribution in [0.4, 0.5) is 0 Å². The van der Waals surface area contributed by atoms with E-state index in [1.54, 1.807) is 11.3 Å². The van der Waals surface area contributed by atoms with Crippen molar-refractivity contribution in [1.29, 1.82) is 0 Å². The highest BCUT2D eigenvalue weighted by Gasteiger charge is 2.34. The highest BCUT2D eigenvalue weighted by atomic mass is 32.1. The fourth-order valence-corrected chi connectivity index (χ4v) is 4.27. The zero-order valence-electron chi connectivity index (χ0n) is 14.8. The van der Waals surface area contributed by atoms with Crippen LogP contribution >= 0.6 is 11.3 Å². The Balaban J connectivity index is 2.23. The summed E-state index contributed by atoms with van der Waals surface area (Å²) in [6.07, 6.45) is 0. The molecular formula is C20H22N3S+. The molecule has 0 atom stereocenters. The summed E-state index contributed by atoms with van der Waals surface area (Å²) in [5.74, 6) is 1.22. The highest BCUT2D eigenvalue weighted by Crippen LogP contribution is 2.36. The molecule has 4 rings (SSSR count). The van der Waals surface area contributed by atoms with E-state index in [2.05, 4.69) is 85.3 Å². The molecule has 2 heterocycles. The van der Waals surface area contributed by atoms with E-state index in [0.717, 1.165) is 5.52 Å². The van der Waals surface area contributed by atoms with E-state index in [9.17, 15) is 0 Å². The van der Waals surface area contributed by atoms with Crippen LogP contribution in [0, 0.1) is 6.92 Å². The second-order valence-electron chi connectivity index (χ2n) is 7.33. The summed E-state index contributed by atoms with van der Waals surface area (Å²) in [7, 11) is 2.16. The number of nitrogens with zero attached hydrogens (tertiary/aromatic N) is 3. The summed E-state index contributed by atoms with van der Waals surface area (Å²) >= 11 is 1.70. The van der Waals surface area contributed by atoms with E-state index in [-0.39, 0.29) is 5.54 Å². The standard InChI is InChI=1S/C20H22N3S/c1-13-10-11-16-18(21-12-24-16)17(13)19-22(5)14-8-6-7-9-15(14)23(19)20(2,3)4/h6-12H,1-5H3/q+1. The van der Waals surface area contributed by atoms with Gasteiger partial charge in [0.15, 0.2) is 11.0 Å². The Kier molecular flexibility index (Phi) is 3.29. The first-order valence-electron chi connectivity index (χ1n) is 8.22. The minimum absolute atomic E-state index is 0.0270. The van der Waals surface area contributed by atoms with Gasteiger partial charge in [0.05, 0.1) is 28.3 Å². The van der Waals surface area contributed by atoms with Crippen LogP contribution < -0.4 is 4.57 Å². The summed E-state index contributed by atoms with van der Waals surface area (Å²) < 4.78 is 5.99. The van der Waals surface area contributed by atoms with Gasteiger partial charge in [-0.25, -0.2) is 14.1 Å². The maximum atomic E-state index is 4.68. The Morgan fingerprint density at radius 3 is 2.58 bits per heavy atom. The van der Waals surface area contributed by atoms with Gasteiger partial charge in [-0.3, -0.25) is 0 Å². The number of imidazole rings is 1. The molecule has 0 radical (unpaired) electrons. The zero-order chi connectivity index (χ0) is 17.1. The minimum Gasteiger partial charge on any atom is -0.244 e. The predicted molar refractivity (Wildman–Crippen MR) is 101 cm³/mol. The number of para-hydroxylation sites is 2. The minimum atomic E-state index is -0.0270. The molecule has 0 saturated carbocycles. The van der Waals surface area contributed by atoms with E-state index in [4.69, 9.17) is 0 Å². The van der Waals surface area contributed by atoms with E-state index < -0.39 is 0 Å². The van der Waals surface area contributed by atoms with Gasteiger partial charge in [0.25, 0.3) is 5.82 Å². The van der Waals surface area contributed by atoms with Crippen LogP contribution in [0.15, 0.2) is 41.9 Å². The third kappa shape index (κ3) is 2.09. The molecule has 2 aromatic carbocycles. The van der Waals surface area contributed by atoms with E-state index >= 15 is 0 Å². The Morgan fingerprint density at radius 1 is 1.08 bits per heavy atom. The molecule has 122 valence electrons. The summed E-state index contributed by atoms with van der Waals surface area (Å²) in [5, 5.41) is 0. The quantitative estimate of drug-likeness (QED) is 0.457. The molecule has 0 aliphatic heterocycles. The third-order valence-corrected chi connectivity index (χ3v) is 5.41. The van der Waals surface area contributed by atoms with Crippen LogP contribution in [0.1, 0.15) is 26.3 Å². The fraction of sp³-hybridized carbons (Fsp3) is 0.300. The zero-order valence-corrected chi connectivity index (χ0v) is 15.6. The van der Waals surface area contributed by atoms with Crippen LogP contribution in [0.3, 0.4) is 0 Å². The van der Waals surface area contributed by atoms with Crippen molar-refractivity contribution in [2.45, 2.75) is 33.2 Å². The van der Waals surface area contributed by atoms with Crippen LogP contribution in [-0.2, 0) is 12.6 Å². The largest absolute Gasteiger partial charge is 0.292 e. The average molecular weight is 336 g/mol. The van der Waals surface area contributed by atoms with Crippen molar-refractivity contribution in [3.63, 3.8) is 0 Å². The van der Waals surface area contributed by atoms with Gasteiger partial charge >= 0.3 is 0 Å². The first kappa shape index (κ1) is 15.3. The molecule has 2 aromatic heterocycles. The average Bonchev–Trinajstić information content (AvgIpc) is 3.10. The second kappa shape index (κ2) is 5.15. The molecule has 0 unspecified atom stereocenters. The van der Waals surface area contributed by atoms with Gasteiger partial charge in [-0.1, -0.05) is 18.2 Å². The van der Waals surface area contributed by atoms with Gasteiger partial charge in [0.2, 0.25) is 0 Å². The van der Waals surface area contributed by atoms with Crippen molar-refractivity contribution in [2.75, 3.05) is 0 Å². The van der Waals surface area contributed by atoms with Crippen molar-refractivity contribution in [1.82, 2.24) is 9.55 Å². The van der Waals surface area contributed by atoms with Gasteiger partial charge in [0.1, 0.15) is 5.54 Å². The molecular weight excluding hydrogens is 314 g/mol. The lowest BCUT2D eigenvalue weighted by Crippen LogP contribution is -2.33. The molecule has 0 N–H and O–H groups in total. The van der Waals surface area contributed by atoms with E-state index in [1.165, 1.54) is 32.7 Å². The number of rotatable bonds is 1. The molecule has 4 heteroatoms. The monoisotopic (exact) mass is 336 g/mol. The second-order valence-corrected chi connectivity index (χ2v) is 8.22. The molecule has 0 amide bonds. The van der Waals surface area contributed by atoms with Gasteiger partial charge in [-0.15, -0.1) is 11.3 Å². The van der Waals surface area contributed by atoms with Crippen molar-refractivity contribution in [3.05, 3.63) is 47.5 Å². The Bertz CT molecular complexity index is 1060. The van der Waals surface area contributed by atoms with Gasteiger partial charge in [0, 0.05) is 0 Å². The lowest BCUT2D eigenvalue weighted by Gasteiger charge is -2.19. The maximum Gasteiger partial charge on any atom is 0.292 e. The molecule has 4 aromatic rings. The Morgan fingerprint density at radius 2 is 1.83 bits per heavy atom. The van der Waals surface area contributed by atoms with Crippen molar-refractivity contribution in [2.24, 2.45) is 7.05 Å².